The van der Waals surface area contributed by atoms with Crippen molar-refractivity contribution in [2.75, 3.05) is 39.8 Å². The van der Waals surface area contributed by atoms with Gasteiger partial charge < -0.3 is 10.2 Å². The maximum atomic E-state index is 12.8. The second-order valence-corrected chi connectivity index (χ2v) is 8.13. The molecule has 0 spiro atoms. The fourth-order valence-electron chi connectivity index (χ4n) is 2.79. The first kappa shape index (κ1) is 21.9. The van der Waals surface area contributed by atoms with Crippen molar-refractivity contribution in [3.05, 3.63) is 29.8 Å². The molecule has 1 N–H and O–H groups in total. The van der Waals surface area contributed by atoms with Crippen LogP contribution in [0.4, 0.5) is 0 Å². The first-order chi connectivity index (χ1) is 11.4. The molecule has 1 aliphatic rings. The Balaban J connectivity index is 0.00000312. The molecule has 0 saturated carbocycles. The van der Waals surface area contributed by atoms with E-state index >= 15 is 0 Å². The number of nitrogens with zero attached hydrogens (tertiary/aromatic N) is 2. The van der Waals surface area contributed by atoms with Gasteiger partial charge in [-0.1, -0.05) is 26.0 Å². The van der Waals surface area contributed by atoms with Crippen LogP contribution < -0.4 is 5.32 Å². The second kappa shape index (κ2) is 9.52. The predicted octanol–water partition coefficient (Wildman–Crippen LogP) is 1.67. The summed E-state index contributed by atoms with van der Waals surface area (Å²) in [6, 6.07) is 7.17. The average molecular weight is 390 g/mol. The van der Waals surface area contributed by atoms with Crippen LogP contribution in [-0.2, 0) is 14.8 Å². The lowest BCUT2D eigenvalue weighted by atomic mass is 9.99. The number of carbonyl (C=O) groups is 1. The number of likely N-dealkylation sites (N-methyl/N-ethyl adjacent to an activating group) is 1. The van der Waals surface area contributed by atoms with E-state index in [1.807, 2.05) is 12.1 Å². The summed E-state index contributed by atoms with van der Waals surface area (Å²) in [6.07, 6.45) is 1.02. The van der Waals surface area contributed by atoms with Crippen LogP contribution in [0.3, 0.4) is 0 Å². The Kier molecular flexibility index (Phi) is 8.34. The number of hydrogen-bond acceptors (Lipinski definition) is 4. The fraction of sp³-hybridized carbons (Fsp3) is 0.588. The van der Waals surface area contributed by atoms with Gasteiger partial charge in [0.1, 0.15) is 0 Å². The molecule has 1 aromatic rings. The second-order valence-electron chi connectivity index (χ2n) is 6.19. The highest BCUT2D eigenvalue weighted by atomic mass is 35.5. The molecule has 0 aliphatic carbocycles. The Labute approximate surface area is 157 Å². The maximum Gasteiger partial charge on any atom is 0.243 e. The normalized spacial score (nSPS) is 17.0. The van der Waals surface area contributed by atoms with Crippen molar-refractivity contribution in [2.24, 2.45) is 0 Å². The molecule has 8 heteroatoms. The number of piperazine rings is 1. The number of sulfonamides is 1. The van der Waals surface area contributed by atoms with Crippen molar-refractivity contribution in [3.63, 3.8) is 0 Å². The summed E-state index contributed by atoms with van der Waals surface area (Å²) in [7, 11) is -1.77. The summed E-state index contributed by atoms with van der Waals surface area (Å²) >= 11 is 0. The minimum Gasteiger partial charge on any atom is -0.339 e. The lowest BCUT2D eigenvalue weighted by Gasteiger charge is -2.34. The molecule has 0 aromatic heterocycles. The van der Waals surface area contributed by atoms with Gasteiger partial charge in [0.15, 0.2) is 0 Å². The van der Waals surface area contributed by atoms with Crippen molar-refractivity contribution < 1.29 is 13.2 Å². The van der Waals surface area contributed by atoms with Crippen LogP contribution in [0.5, 0.6) is 0 Å². The van der Waals surface area contributed by atoms with Gasteiger partial charge >= 0.3 is 0 Å². The summed E-state index contributed by atoms with van der Waals surface area (Å²) in [5.41, 5.74) is 1.15. The van der Waals surface area contributed by atoms with Crippen LogP contribution in [0.2, 0.25) is 0 Å². The van der Waals surface area contributed by atoms with Crippen molar-refractivity contribution in [3.8, 4) is 0 Å². The van der Waals surface area contributed by atoms with Crippen LogP contribution in [0, 0.1) is 0 Å². The molecule has 1 unspecified atom stereocenters. The zero-order valence-electron chi connectivity index (χ0n) is 15.1. The van der Waals surface area contributed by atoms with Gasteiger partial charge in [-0.15, -0.1) is 12.4 Å². The van der Waals surface area contributed by atoms with Gasteiger partial charge in [0, 0.05) is 26.2 Å². The number of benzene rings is 1. The Morgan fingerprint density at radius 3 is 2.20 bits per heavy atom. The number of amides is 1. The third-order valence-corrected chi connectivity index (χ3v) is 6.53. The van der Waals surface area contributed by atoms with Crippen molar-refractivity contribution in [1.82, 2.24) is 14.5 Å². The van der Waals surface area contributed by atoms with Crippen LogP contribution in [0.15, 0.2) is 29.2 Å². The molecular formula is C17H28ClN3O3S. The van der Waals surface area contributed by atoms with E-state index < -0.39 is 10.0 Å². The molecule has 25 heavy (non-hydrogen) atoms. The van der Waals surface area contributed by atoms with Crippen molar-refractivity contribution >= 4 is 28.3 Å². The fourth-order valence-corrected chi connectivity index (χ4v) is 4.22. The van der Waals surface area contributed by atoms with Gasteiger partial charge in [-0.2, -0.15) is 4.31 Å². The maximum absolute atomic E-state index is 12.8. The van der Waals surface area contributed by atoms with Crippen molar-refractivity contribution in [1.29, 1.82) is 0 Å². The number of hydrogen-bond donors (Lipinski definition) is 1. The Morgan fingerprint density at radius 2 is 1.72 bits per heavy atom. The highest BCUT2D eigenvalue weighted by Crippen LogP contribution is 2.23. The standard InChI is InChI=1S/C17H27N3O3S.ClH/c1-4-14(2)15-5-7-16(8-6-15)24(22,23)20-11-9-19(10-12-20)17(21)13-18-3;/h5-8,14,18H,4,9-13H2,1-3H3;1H. The molecule has 2 rings (SSSR count). The number of rotatable bonds is 6. The molecular weight excluding hydrogens is 362 g/mol. The van der Waals surface area contributed by atoms with Crippen LogP contribution in [0.1, 0.15) is 31.7 Å². The van der Waals surface area contributed by atoms with Gasteiger partial charge in [-0.05, 0) is 37.1 Å². The van der Waals surface area contributed by atoms with E-state index in [2.05, 4.69) is 19.2 Å². The summed E-state index contributed by atoms with van der Waals surface area (Å²) in [6.45, 7) is 6.07. The molecule has 1 aliphatic heterocycles. The Hall–Kier alpha value is -1.15. The van der Waals surface area contributed by atoms with Gasteiger partial charge in [-0.3, -0.25) is 4.79 Å². The first-order valence-corrected chi connectivity index (χ1v) is 9.86. The van der Waals surface area contributed by atoms with Gasteiger partial charge in [-0.25, -0.2) is 8.42 Å². The lowest BCUT2D eigenvalue weighted by Crippen LogP contribution is -2.52. The largest absolute Gasteiger partial charge is 0.339 e. The zero-order chi connectivity index (χ0) is 17.7. The highest BCUT2D eigenvalue weighted by molar-refractivity contribution is 7.89. The molecule has 1 fully saturated rings. The van der Waals surface area contributed by atoms with E-state index in [4.69, 9.17) is 0 Å². The van der Waals surface area contributed by atoms with Gasteiger partial charge in [0.2, 0.25) is 15.9 Å². The number of nitrogens with one attached hydrogen (secondary N) is 1. The van der Waals surface area contributed by atoms with E-state index in [-0.39, 0.29) is 24.9 Å². The molecule has 0 radical (unpaired) electrons. The predicted molar refractivity (Wildman–Crippen MR) is 102 cm³/mol. The smallest absolute Gasteiger partial charge is 0.243 e. The van der Waals surface area contributed by atoms with E-state index in [1.165, 1.54) is 4.31 Å². The lowest BCUT2D eigenvalue weighted by molar-refractivity contribution is -0.131. The molecule has 1 aromatic carbocycles. The molecule has 142 valence electrons. The Morgan fingerprint density at radius 1 is 1.16 bits per heavy atom. The summed E-state index contributed by atoms with van der Waals surface area (Å²) in [4.78, 5) is 13.9. The molecule has 6 nitrogen and oxygen atoms in total. The molecule has 1 atom stereocenters. The number of carbonyl (C=O) groups excluding carboxylic acids is 1. The van der Waals surface area contributed by atoms with E-state index in [0.717, 1.165) is 12.0 Å². The topological polar surface area (TPSA) is 69.7 Å². The third-order valence-electron chi connectivity index (χ3n) is 4.62. The quantitative estimate of drug-likeness (QED) is 0.803. The van der Waals surface area contributed by atoms with E-state index in [9.17, 15) is 13.2 Å². The average Bonchev–Trinajstić information content (AvgIpc) is 2.61. The third kappa shape index (κ3) is 5.17. The minimum absolute atomic E-state index is 0. The summed E-state index contributed by atoms with van der Waals surface area (Å²) < 4.78 is 27.0. The molecule has 1 saturated heterocycles. The zero-order valence-corrected chi connectivity index (χ0v) is 16.7. The van der Waals surface area contributed by atoms with Gasteiger partial charge in [0.05, 0.1) is 11.4 Å². The van der Waals surface area contributed by atoms with Crippen LogP contribution in [0.25, 0.3) is 0 Å². The summed E-state index contributed by atoms with van der Waals surface area (Å²) in [5, 5.41) is 2.83. The molecule has 1 heterocycles. The minimum atomic E-state index is -3.49. The Bertz CT molecular complexity index is 656. The van der Waals surface area contributed by atoms with Crippen LogP contribution >= 0.6 is 12.4 Å². The highest BCUT2D eigenvalue weighted by Gasteiger charge is 2.29. The monoisotopic (exact) mass is 389 g/mol. The van der Waals surface area contributed by atoms with Crippen LogP contribution in [-0.4, -0.2) is 63.3 Å². The SMILES string of the molecule is CCC(C)c1ccc(S(=O)(=O)N2CCN(C(=O)CNC)CC2)cc1.Cl. The summed E-state index contributed by atoms with van der Waals surface area (Å²) in [5.74, 6) is 0.427. The molecule has 0 bridgehead atoms. The van der Waals surface area contributed by atoms with Crippen molar-refractivity contribution in [2.45, 2.75) is 31.1 Å². The molecule has 1 amide bonds. The number of halogens is 1. The first-order valence-electron chi connectivity index (χ1n) is 8.42. The van der Waals surface area contributed by atoms with E-state index in [0.29, 0.717) is 37.0 Å². The van der Waals surface area contributed by atoms with Gasteiger partial charge in [0.25, 0.3) is 0 Å². The van der Waals surface area contributed by atoms with E-state index in [1.54, 1.807) is 24.1 Å².